The summed E-state index contributed by atoms with van der Waals surface area (Å²) >= 11 is 2.11. The van der Waals surface area contributed by atoms with E-state index in [1.807, 2.05) is 0 Å². The van der Waals surface area contributed by atoms with Crippen molar-refractivity contribution in [1.82, 2.24) is 10.2 Å². The van der Waals surface area contributed by atoms with Crippen molar-refractivity contribution in [3.63, 3.8) is 0 Å². The van der Waals surface area contributed by atoms with Crippen LogP contribution < -0.4 is 5.32 Å². The number of thioether (sulfide) groups is 1. The first kappa shape index (κ1) is 16.3. The van der Waals surface area contributed by atoms with Gasteiger partial charge in [-0.1, -0.05) is 27.7 Å². The van der Waals surface area contributed by atoms with Crippen LogP contribution in [0.5, 0.6) is 0 Å². The van der Waals surface area contributed by atoms with Gasteiger partial charge in [-0.25, -0.2) is 0 Å². The van der Waals surface area contributed by atoms with Gasteiger partial charge >= 0.3 is 0 Å². The second kappa shape index (κ2) is 10.4. The molecule has 0 heterocycles. The summed E-state index contributed by atoms with van der Waals surface area (Å²) in [5.74, 6) is 1.27. The van der Waals surface area contributed by atoms with Crippen molar-refractivity contribution in [2.24, 2.45) is 0 Å². The molecule has 0 aromatic heterocycles. The molecule has 2 nitrogen and oxygen atoms in total. The lowest BCUT2D eigenvalue weighted by Crippen LogP contribution is -2.29. The number of hydrogen-bond donors (Lipinski definition) is 1. The fraction of sp³-hybridized carbons (Fsp3) is 1.00. The van der Waals surface area contributed by atoms with Crippen molar-refractivity contribution in [3.05, 3.63) is 0 Å². The van der Waals surface area contributed by atoms with E-state index < -0.39 is 0 Å². The van der Waals surface area contributed by atoms with Gasteiger partial charge < -0.3 is 10.2 Å². The minimum Gasteiger partial charge on any atom is -0.314 e. The molecule has 0 aliphatic heterocycles. The van der Waals surface area contributed by atoms with Crippen molar-refractivity contribution < 1.29 is 0 Å². The molecule has 0 saturated carbocycles. The van der Waals surface area contributed by atoms with Crippen LogP contribution in [-0.4, -0.2) is 48.1 Å². The van der Waals surface area contributed by atoms with Gasteiger partial charge in [0.05, 0.1) is 0 Å². The normalized spacial score (nSPS) is 15.4. The monoisotopic (exact) mass is 246 g/mol. The second-order valence-corrected chi connectivity index (χ2v) is 5.95. The molecule has 0 bridgehead atoms. The van der Waals surface area contributed by atoms with Crippen molar-refractivity contribution in [1.29, 1.82) is 0 Å². The van der Waals surface area contributed by atoms with Crippen LogP contribution >= 0.6 is 11.8 Å². The molecule has 0 amide bonds. The summed E-state index contributed by atoms with van der Waals surface area (Å²) in [6.07, 6.45) is 1.27. The second-order valence-electron chi connectivity index (χ2n) is 4.40. The summed E-state index contributed by atoms with van der Waals surface area (Å²) in [6, 6.07) is 0.654. The van der Waals surface area contributed by atoms with Gasteiger partial charge in [0, 0.05) is 23.6 Å². The molecule has 98 valence electrons. The van der Waals surface area contributed by atoms with E-state index in [-0.39, 0.29) is 0 Å². The van der Waals surface area contributed by atoms with Crippen LogP contribution in [-0.2, 0) is 0 Å². The van der Waals surface area contributed by atoms with Gasteiger partial charge in [0.15, 0.2) is 0 Å². The zero-order valence-corrected chi connectivity index (χ0v) is 12.6. The van der Waals surface area contributed by atoms with E-state index in [0.29, 0.717) is 6.04 Å². The number of nitrogens with zero attached hydrogens (tertiary/aromatic N) is 1. The highest BCUT2D eigenvalue weighted by molar-refractivity contribution is 7.99. The molecule has 0 saturated heterocycles. The Morgan fingerprint density at radius 3 is 2.25 bits per heavy atom. The molecule has 0 fully saturated rings. The minimum absolute atomic E-state index is 0.654. The maximum atomic E-state index is 3.47. The van der Waals surface area contributed by atoms with E-state index in [4.69, 9.17) is 0 Å². The summed E-state index contributed by atoms with van der Waals surface area (Å²) in [5, 5.41) is 4.24. The van der Waals surface area contributed by atoms with E-state index in [1.54, 1.807) is 0 Å². The average molecular weight is 246 g/mol. The summed E-state index contributed by atoms with van der Waals surface area (Å²) in [4.78, 5) is 2.49. The molecule has 1 N–H and O–H groups in total. The predicted molar refractivity (Wildman–Crippen MR) is 77.5 cm³/mol. The van der Waals surface area contributed by atoms with Gasteiger partial charge in [-0.15, -0.1) is 0 Å². The Labute approximate surface area is 107 Å². The SMILES string of the molecule is CCNC(C)CC(C)SCCN(CC)CC. The van der Waals surface area contributed by atoms with Gasteiger partial charge in [0.2, 0.25) is 0 Å². The van der Waals surface area contributed by atoms with Gasteiger partial charge in [-0.05, 0) is 33.0 Å². The first-order valence-corrected chi connectivity index (χ1v) is 7.76. The Morgan fingerprint density at radius 1 is 1.12 bits per heavy atom. The lowest BCUT2D eigenvalue weighted by molar-refractivity contribution is 0.323. The van der Waals surface area contributed by atoms with Crippen LogP contribution in [0.2, 0.25) is 0 Å². The van der Waals surface area contributed by atoms with E-state index in [1.165, 1.54) is 31.8 Å². The van der Waals surface area contributed by atoms with Crippen LogP contribution in [0.3, 0.4) is 0 Å². The highest BCUT2D eigenvalue weighted by Crippen LogP contribution is 2.15. The summed E-state index contributed by atoms with van der Waals surface area (Å²) in [6.45, 7) is 16.0. The van der Waals surface area contributed by atoms with Crippen LogP contribution in [0.1, 0.15) is 41.0 Å². The van der Waals surface area contributed by atoms with E-state index >= 15 is 0 Å². The zero-order chi connectivity index (χ0) is 12.4. The van der Waals surface area contributed by atoms with Crippen LogP contribution in [0, 0.1) is 0 Å². The van der Waals surface area contributed by atoms with Crippen molar-refractivity contribution in [2.75, 3.05) is 31.9 Å². The summed E-state index contributed by atoms with van der Waals surface area (Å²) < 4.78 is 0. The van der Waals surface area contributed by atoms with Crippen molar-refractivity contribution >= 4 is 11.8 Å². The molecule has 0 radical (unpaired) electrons. The van der Waals surface area contributed by atoms with E-state index in [2.05, 4.69) is 56.6 Å². The molecule has 0 spiro atoms. The van der Waals surface area contributed by atoms with E-state index in [0.717, 1.165) is 11.8 Å². The highest BCUT2D eigenvalue weighted by Gasteiger charge is 2.08. The minimum atomic E-state index is 0.654. The number of rotatable bonds is 10. The fourth-order valence-corrected chi connectivity index (χ4v) is 3.11. The molecule has 2 unspecified atom stereocenters. The number of hydrogen-bond acceptors (Lipinski definition) is 3. The Bertz CT molecular complexity index is 149. The predicted octanol–water partition coefficient (Wildman–Crippen LogP) is 2.84. The first-order valence-electron chi connectivity index (χ1n) is 6.71. The van der Waals surface area contributed by atoms with Crippen LogP contribution in [0.15, 0.2) is 0 Å². The average Bonchev–Trinajstić information content (AvgIpc) is 2.24. The van der Waals surface area contributed by atoms with Crippen LogP contribution in [0.4, 0.5) is 0 Å². The fourth-order valence-electron chi connectivity index (χ4n) is 1.92. The molecule has 0 aliphatic rings. The molecule has 2 atom stereocenters. The summed E-state index contributed by atoms with van der Waals surface area (Å²) in [7, 11) is 0. The van der Waals surface area contributed by atoms with Crippen LogP contribution in [0.25, 0.3) is 0 Å². The van der Waals surface area contributed by atoms with Gasteiger partial charge in [0.1, 0.15) is 0 Å². The maximum absolute atomic E-state index is 3.47. The van der Waals surface area contributed by atoms with E-state index in [9.17, 15) is 0 Å². The molecular weight excluding hydrogens is 216 g/mol. The van der Waals surface area contributed by atoms with Gasteiger partial charge in [0.25, 0.3) is 0 Å². The molecular formula is C13H30N2S. The number of nitrogens with one attached hydrogen (secondary N) is 1. The third-order valence-corrected chi connectivity index (χ3v) is 4.12. The standard InChI is InChI=1S/C13H30N2S/c1-6-14-12(4)11-13(5)16-10-9-15(7-2)8-3/h12-14H,6-11H2,1-5H3. The third kappa shape index (κ3) is 8.43. The van der Waals surface area contributed by atoms with Crippen molar-refractivity contribution in [2.45, 2.75) is 52.3 Å². The zero-order valence-electron chi connectivity index (χ0n) is 11.8. The van der Waals surface area contributed by atoms with Crippen molar-refractivity contribution in [3.8, 4) is 0 Å². The molecule has 0 aromatic rings. The molecule has 3 heteroatoms. The highest BCUT2D eigenvalue weighted by atomic mass is 32.2. The first-order chi connectivity index (χ1) is 7.63. The molecule has 0 rings (SSSR count). The maximum Gasteiger partial charge on any atom is 0.00722 e. The van der Waals surface area contributed by atoms with Gasteiger partial charge in [-0.2, -0.15) is 11.8 Å². The quantitative estimate of drug-likeness (QED) is 0.638. The summed E-state index contributed by atoms with van der Waals surface area (Å²) in [5.41, 5.74) is 0. The van der Waals surface area contributed by atoms with Gasteiger partial charge in [-0.3, -0.25) is 0 Å². The molecule has 0 aliphatic carbocycles. The Morgan fingerprint density at radius 2 is 1.75 bits per heavy atom. The Balaban J connectivity index is 3.52. The lowest BCUT2D eigenvalue weighted by atomic mass is 10.2. The largest absolute Gasteiger partial charge is 0.314 e. The third-order valence-electron chi connectivity index (χ3n) is 2.94. The topological polar surface area (TPSA) is 15.3 Å². The lowest BCUT2D eigenvalue weighted by Gasteiger charge is -2.21. The molecule has 0 aromatic carbocycles. The smallest absolute Gasteiger partial charge is 0.00722 e. The Kier molecular flexibility index (Phi) is 10.6. The Hall–Kier alpha value is 0.270. The molecule has 16 heavy (non-hydrogen) atoms.